The molecule has 1 aliphatic rings. The number of ether oxygens (including phenoxy) is 1. The molecule has 3 aromatic rings. The number of benzene rings is 2. The molecule has 4 rings (SSSR count). The molecule has 2 heterocycles. The molecule has 2 aromatic carbocycles. The van der Waals surface area contributed by atoms with Gasteiger partial charge in [-0.1, -0.05) is 30.3 Å². The quantitative estimate of drug-likeness (QED) is 0.571. The Morgan fingerprint density at radius 3 is 2.81 bits per heavy atom. The van der Waals surface area contributed by atoms with E-state index >= 15 is 0 Å². The SMILES string of the molecule is CC(CCc1ccccc1)=Nn1c(-c2ccc3c(c2)NC(=O)CO3)csc1=NC(C)C. The van der Waals surface area contributed by atoms with Gasteiger partial charge in [0, 0.05) is 22.7 Å². The van der Waals surface area contributed by atoms with Gasteiger partial charge in [0.1, 0.15) is 5.75 Å². The van der Waals surface area contributed by atoms with E-state index in [2.05, 4.69) is 55.7 Å². The van der Waals surface area contributed by atoms with Crippen molar-refractivity contribution >= 4 is 28.6 Å². The predicted octanol–water partition coefficient (Wildman–Crippen LogP) is 4.71. The van der Waals surface area contributed by atoms with Crippen molar-refractivity contribution in [3.63, 3.8) is 0 Å². The highest BCUT2D eigenvalue weighted by molar-refractivity contribution is 7.07. The van der Waals surface area contributed by atoms with Crippen molar-refractivity contribution in [2.45, 2.75) is 39.7 Å². The van der Waals surface area contributed by atoms with E-state index < -0.39 is 0 Å². The van der Waals surface area contributed by atoms with Crippen molar-refractivity contribution in [1.29, 1.82) is 0 Å². The molecule has 7 heteroatoms. The summed E-state index contributed by atoms with van der Waals surface area (Å²) in [5.41, 5.74) is 4.89. The minimum atomic E-state index is -0.145. The van der Waals surface area contributed by atoms with Gasteiger partial charge in [-0.25, -0.2) is 4.68 Å². The molecule has 6 nitrogen and oxygen atoms in total. The molecule has 1 aromatic heterocycles. The number of nitrogens with zero attached hydrogens (tertiary/aromatic N) is 3. The molecule has 31 heavy (non-hydrogen) atoms. The Balaban J connectivity index is 1.69. The molecule has 0 bridgehead atoms. The average Bonchev–Trinajstić information content (AvgIpc) is 3.13. The van der Waals surface area contributed by atoms with E-state index in [0.29, 0.717) is 11.4 Å². The van der Waals surface area contributed by atoms with Crippen LogP contribution in [-0.4, -0.2) is 28.9 Å². The number of carbonyl (C=O) groups excluding carboxylic acids is 1. The van der Waals surface area contributed by atoms with Gasteiger partial charge in [0.25, 0.3) is 5.91 Å². The van der Waals surface area contributed by atoms with Crippen molar-refractivity contribution in [2.75, 3.05) is 11.9 Å². The van der Waals surface area contributed by atoms with Gasteiger partial charge in [-0.3, -0.25) is 9.79 Å². The fraction of sp³-hybridized carbons (Fsp3) is 0.292. The van der Waals surface area contributed by atoms with E-state index in [1.807, 2.05) is 28.9 Å². The lowest BCUT2D eigenvalue weighted by Crippen LogP contribution is -2.25. The van der Waals surface area contributed by atoms with Crippen LogP contribution in [0.15, 0.2) is 64.0 Å². The van der Waals surface area contributed by atoms with E-state index in [-0.39, 0.29) is 18.6 Å². The summed E-state index contributed by atoms with van der Waals surface area (Å²) >= 11 is 1.56. The number of carbonyl (C=O) groups is 1. The molecule has 0 spiro atoms. The summed E-state index contributed by atoms with van der Waals surface area (Å²) in [7, 11) is 0. The third-order valence-electron chi connectivity index (χ3n) is 4.85. The zero-order valence-electron chi connectivity index (χ0n) is 18.0. The highest BCUT2D eigenvalue weighted by Gasteiger charge is 2.18. The first kappa shape index (κ1) is 21.1. The normalized spacial score (nSPS) is 14.4. The molecule has 160 valence electrons. The van der Waals surface area contributed by atoms with Crippen molar-refractivity contribution in [1.82, 2.24) is 4.68 Å². The van der Waals surface area contributed by atoms with Crippen LogP contribution in [0, 0.1) is 0 Å². The summed E-state index contributed by atoms with van der Waals surface area (Å²) in [5.74, 6) is 0.535. The molecule has 0 radical (unpaired) electrons. The van der Waals surface area contributed by atoms with Gasteiger partial charge in [0.15, 0.2) is 6.61 Å². The summed E-state index contributed by atoms with van der Waals surface area (Å²) in [6, 6.07) is 16.4. The Bertz CT molecular complexity index is 1180. The van der Waals surface area contributed by atoms with E-state index in [1.165, 1.54) is 5.56 Å². The van der Waals surface area contributed by atoms with Gasteiger partial charge in [-0.15, -0.1) is 11.3 Å². The number of thiazole rings is 1. The Morgan fingerprint density at radius 1 is 1.23 bits per heavy atom. The van der Waals surface area contributed by atoms with Gasteiger partial charge in [-0.2, -0.15) is 5.10 Å². The zero-order valence-corrected chi connectivity index (χ0v) is 18.8. The summed E-state index contributed by atoms with van der Waals surface area (Å²) in [6.07, 6.45) is 1.80. The van der Waals surface area contributed by atoms with Crippen molar-refractivity contribution < 1.29 is 9.53 Å². The average molecular weight is 435 g/mol. The number of nitrogens with one attached hydrogen (secondary N) is 1. The van der Waals surface area contributed by atoms with E-state index in [9.17, 15) is 4.79 Å². The fourth-order valence-electron chi connectivity index (χ4n) is 3.34. The monoisotopic (exact) mass is 434 g/mol. The van der Waals surface area contributed by atoms with Crippen LogP contribution in [0.25, 0.3) is 11.3 Å². The number of hydrogen-bond donors (Lipinski definition) is 1. The first-order valence-electron chi connectivity index (χ1n) is 10.4. The Labute approximate surface area is 185 Å². The minimum Gasteiger partial charge on any atom is -0.482 e. The molecular weight excluding hydrogens is 408 g/mol. The second-order valence-electron chi connectivity index (χ2n) is 7.81. The van der Waals surface area contributed by atoms with Gasteiger partial charge >= 0.3 is 0 Å². The standard InChI is InChI=1S/C24H26N4O2S/c1-16(2)25-24-28(27-17(3)9-10-18-7-5-4-6-8-18)21(15-31-24)19-11-12-22-20(13-19)26-23(29)14-30-22/h4-8,11-13,15-16H,9-10,14H2,1-3H3,(H,26,29). The van der Waals surface area contributed by atoms with Crippen LogP contribution in [0.1, 0.15) is 32.8 Å². The molecule has 0 aliphatic carbocycles. The number of fused-ring (bicyclic) bond motifs is 1. The minimum absolute atomic E-state index is 0.0487. The molecule has 1 N–H and O–H groups in total. The molecular formula is C24H26N4O2S. The zero-order chi connectivity index (χ0) is 21.8. The largest absolute Gasteiger partial charge is 0.482 e. The lowest BCUT2D eigenvalue weighted by molar-refractivity contribution is -0.118. The molecule has 1 amide bonds. The van der Waals surface area contributed by atoms with Crippen LogP contribution >= 0.6 is 11.3 Å². The summed E-state index contributed by atoms with van der Waals surface area (Å²) in [6.45, 7) is 6.22. The van der Waals surface area contributed by atoms with E-state index in [1.54, 1.807) is 11.3 Å². The van der Waals surface area contributed by atoms with Crippen LogP contribution in [0.4, 0.5) is 5.69 Å². The molecule has 1 aliphatic heterocycles. The van der Waals surface area contributed by atoms with Gasteiger partial charge in [0.05, 0.1) is 11.4 Å². The summed E-state index contributed by atoms with van der Waals surface area (Å²) in [5, 5.41) is 9.86. The van der Waals surface area contributed by atoms with Gasteiger partial charge < -0.3 is 10.1 Å². The van der Waals surface area contributed by atoms with Crippen LogP contribution in [0.2, 0.25) is 0 Å². The van der Waals surface area contributed by atoms with Gasteiger partial charge in [0.2, 0.25) is 4.80 Å². The van der Waals surface area contributed by atoms with E-state index in [4.69, 9.17) is 14.8 Å². The van der Waals surface area contributed by atoms with Crippen molar-refractivity contribution in [3.05, 3.63) is 64.3 Å². The number of rotatable bonds is 6. The number of aromatic nitrogens is 1. The molecule has 0 saturated heterocycles. The third-order valence-corrected chi connectivity index (χ3v) is 5.68. The topological polar surface area (TPSA) is 68.0 Å². The number of hydrogen-bond acceptors (Lipinski definition) is 5. The Hall–Kier alpha value is -3.19. The first-order chi connectivity index (χ1) is 15.0. The lowest BCUT2D eigenvalue weighted by Gasteiger charge is -2.18. The number of aryl methyl sites for hydroxylation is 1. The smallest absolute Gasteiger partial charge is 0.262 e. The maximum Gasteiger partial charge on any atom is 0.262 e. The summed E-state index contributed by atoms with van der Waals surface area (Å²) < 4.78 is 7.41. The molecule has 0 atom stereocenters. The Kier molecular flexibility index (Phi) is 6.32. The third kappa shape index (κ3) is 5.11. The second-order valence-corrected chi connectivity index (χ2v) is 8.64. The maximum absolute atomic E-state index is 11.7. The van der Waals surface area contributed by atoms with Crippen LogP contribution in [-0.2, 0) is 11.2 Å². The number of anilines is 1. The summed E-state index contributed by atoms with van der Waals surface area (Å²) in [4.78, 5) is 17.3. The van der Waals surface area contributed by atoms with E-state index in [0.717, 1.165) is 34.6 Å². The lowest BCUT2D eigenvalue weighted by atomic mass is 10.1. The number of amides is 1. The molecule has 0 unspecified atom stereocenters. The molecule has 0 saturated carbocycles. The first-order valence-corrected chi connectivity index (χ1v) is 11.3. The highest BCUT2D eigenvalue weighted by Crippen LogP contribution is 2.33. The van der Waals surface area contributed by atoms with Crippen molar-refractivity contribution in [2.24, 2.45) is 10.1 Å². The Morgan fingerprint density at radius 2 is 2.03 bits per heavy atom. The molecule has 0 fully saturated rings. The fourth-order valence-corrected chi connectivity index (χ4v) is 4.30. The maximum atomic E-state index is 11.7. The van der Waals surface area contributed by atoms with Crippen LogP contribution in [0.3, 0.4) is 0 Å². The van der Waals surface area contributed by atoms with Gasteiger partial charge in [-0.05, 0) is 57.4 Å². The highest BCUT2D eigenvalue weighted by atomic mass is 32.1. The van der Waals surface area contributed by atoms with Crippen LogP contribution < -0.4 is 14.9 Å². The van der Waals surface area contributed by atoms with Crippen molar-refractivity contribution in [3.8, 4) is 17.0 Å². The second kappa shape index (κ2) is 9.31. The van der Waals surface area contributed by atoms with Crippen LogP contribution in [0.5, 0.6) is 5.75 Å². The predicted molar refractivity (Wildman–Crippen MR) is 126 cm³/mol.